The lowest BCUT2D eigenvalue weighted by atomic mass is 10.2. The average molecular weight is 190 g/mol. The first-order chi connectivity index (χ1) is 6.77. The highest BCUT2D eigenvalue weighted by atomic mass is 16.5. The van der Waals surface area contributed by atoms with Crippen molar-refractivity contribution in [1.29, 1.82) is 0 Å². The number of aromatic hydroxyl groups is 1. The summed E-state index contributed by atoms with van der Waals surface area (Å²) in [5.74, 6) is 0.991. The molecular formula is C12H14O2. The molecule has 1 aromatic rings. The van der Waals surface area contributed by atoms with Gasteiger partial charge in [-0.2, -0.15) is 0 Å². The van der Waals surface area contributed by atoms with Gasteiger partial charge in [0.05, 0.1) is 0 Å². The van der Waals surface area contributed by atoms with E-state index < -0.39 is 0 Å². The Bertz CT molecular complexity index is 340. The van der Waals surface area contributed by atoms with Crippen molar-refractivity contribution >= 4 is 6.08 Å². The lowest BCUT2D eigenvalue weighted by Gasteiger charge is -2.05. The van der Waals surface area contributed by atoms with Crippen LogP contribution in [-0.2, 0) is 0 Å². The van der Waals surface area contributed by atoms with Crippen LogP contribution in [0.5, 0.6) is 11.5 Å². The minimum absolute atomic E-state index is 0.258. The van der Waals surface area contributed by atoms with E-state index in [4.69, 9.17) is 4.74 Å². The standard InChI is InChI=1S/C12H14O2/c1-3-5-10-9-11(14-8-4-2)6-7-12(10)13/h3-7,9,13H,2,8H2,1H3/b5-3+. The topological polar surface area (TPSA) is 29.5 Å². The molecule has 0 heterocycles. The molecule has 0 bridgehead atoms. The average Bonchev–Trinajstić information content (AvgIpc) is 2.19. The molecule has 0 unspecified atom stereocenters. The predicted octanol–water partition coefficient (Wildman–Crippen LogP) is 2.99. The molecular weight excluding hydrogens is 176 g/mol. The van der Waals surface area contributed by atoms with Gasteiger partial charge in [0.2, 0.25) is 0 Å². The Kier molecular flexibility index (Phi) is 3.80. The van der Waals surface area contributed by atoms with Crippen LogP contribution in [0.2, 0.25) is 0 Å². The highest BCUT2D eigenvalue weighted by molar-refractivity contribution is 5.58. The lowest BCUT2D eigenvalue weighted by molar-refractivity contribution is 0.362. The van der Waals surface area contributed by atoms with E-state index in [1.165, 1.54) is 0 Å². The molecule has 0 saturated heterocycles. The SMILES string of the molecule is C=CCOc1ccc(O)c(/C=C/C)c1. The third-order valence-electron chi connectivity index (χ3n) is 1.71. The van der Waals surface area contributed by atoms with Gasteiger partial charge in [-0.05, 0) is 25.1 Å². The van der Waals surface area contributed by atoms with Gasteiger partial charge >= 0.3 is 0 Å². The van der Waals surface area contributed by atoms with Crippen LogP contribution in [-0.4, -0.2) is 11.7 Å². The molecule has 1 N–H and O–H groups in total. The van der Waals surface area contributed by atoms with Crippen LogP contribution in [0.15, 0.2) is 36.9 Å². The summed E-state index contributed by atoms with van der Waals surface area (Å²) in [6.45, 7) is 5.94. The molecule has 0 saturated carbocycles. The fourth-order valence-electron chi connectivity index (χ4n) is 1.09. The van der Waals surface area contributed by atoms with Crippen LogP contribution in [0.4, 0.5) is 0 Å². The third kappa shape index (κ3) is 2.66. The smallest absolute Gasteiger partial charge is 0.123 e. The minimum Gasteiger partial charge on any atom is -0.507 e. The van der Waals surface area contributed by atoms with Gasteiger partial charge < -0.3 is 9.84 Å². The van der Waals surface area contributed by atoms with Crippen molar-refractivity contribution in [3.8, 4) is 11.5 Å². The Morgan fingerprint density at radius 2 is 2.29 bits per heavy atom. The largest absolute Gasteiger partial charge is 0.507 e. The van der Waals surface area contributed by atoms with Crippen LogP contribution >= 0.6 is 0 Å². The van der Waals surface area contributed by atoms with Crippen LogP contribution < -0.4 is 4.74 Å². The number of benzene rings is 1. The fourth-order valence-corrected chi connectivity index (χ4v) is 1.09. The van der Waals surface area contributed by atoms with E-state index >= 15 is 0 Å². The summed E-state index contributed by atoms with van der Waals surface area (Å²) in [4.78, 5) is 0. The second kappa shape index (κ2) is 5.12. The summed E-state index contributed by atoms with van der Waals surface area (Å²) in [5.41, 5.74) is 0.758. The highest BCUT2D eigenvalue weighted by Crippen LogP contribution is 2.24. The maximum absolute atomic E-state index is 9.46. The molecule has 14 heavy (non-hydrogen) atoms. The van der Waals surface area contributed by atoms with Crippen molar-refractivity contribution in [2.75, 3.05) is 6.61 Å². The van der Waals surface area contributed by atoms with Crippen LogP contribution in [0.1, 0.15) is 12.5 Å². The summed E-state index contributed by atoms with van der Waals surface area (Å²) in [7, 11) is 0. The molecule has 74 valence electrons. The molecule has 0 aliphatic heterocycles. The van der Waals surface area contributed by atoms with E-state index in [0.717, 1.165) is 11.3 Å². The Morgan fingerprint density at radius 3 is 2.93 bits per heavy atom. The Hall–Kier alpha value is -1.70. The van der Waals surface area contributed by atoms with E-state index in [9.17, 15) is 5.11 Å². The third-order valence-corrected chi connectivity index (χ3v) is 1.71. The molecule has 0 amide bonds. The van der Waals surface area contributed by atoms with Gasteiger partial charge in [0.25, 0.3) is 0 Å². The van der Waals surface area contributed by atoms with Gasteiger partial charge in [-0.15, -0.1) is 0 Å². The molecule has 1 rings (SSSR count). The lowest BCUT2D eigenvalue weighted by Crippen LogP contribution is -1.92. The Morgan fingerprint density at radius 1 is 1.50 bits per heavy atom. The van der Waals surface area contributed by atoms with E-state index in [1.807, 2.05) is 19.1 Å². The second-order valence-electron chi connectivity index (χ2n) is 2.82. The highest BCUT2D eigenvalue weighted by Gasteiger charge is 1.99. The maximum Gasteiger partial charge on any atom is 0.123 e. The predicted molar refractivity (Wildman–Crippen MR) is 58.5 cm³/mol. The van der Waals surface area contributed by atoms with Crippen molar-refractivity contribution in [2.24, 2.45) is 0 Å². The summed E-state index contributed by atoms with van der Waals surface area (Å²) >= 11 is 0. The maximum atomic E-state index is 9.46. The Balaban J connectivity index is 2.88. The number of hydrogen-bond donors (Lipinski definition) is 1. The van der Waals surface area contributed by atoms with Gasteiger partial charge in [-0.3, -0.25) is 0 Å². The monoisotopic (exact) mass is 190 g/mol. The molecule has 2 nitrogen and oxygen atoms in total. The summed E-state index contributed by atoms with van der Waals surface area (Å²) in [6, 6.07) is 5.14. The van der Waals surface area contributed by atoms with Crippen molar-refractivity contribution in [1.82, 2.24) is 0 Å². The van der Waals surface area contributed by atoms with Crippen LogP contribution in [0.3, 0.4) is 0 Å². The zero-order valence-electron chi connectivity index (χ0n) is 8.23. The van der Waals surface area contributed by atoms with E-state index in [0.29, 0.717) is 6.61 Å². The zero-order chi connectivity index (χ0) is 10.4. The molecule has 0 aliphatic carbocycles. The van der Waals surface area contributed by atoms with Crippen molar-refractivity contribution in [2.45, 2.75) is 6.92 Å². The zero-order valence-corrected chi connectivity index (χ0v) is 8.23. The number of hydrogen-bond acceptors (Lipinski definition) is 2. The van der Waals surface area contributed by atoms with Crippen molar-refractivity contribution in [3.05, 3.63) is 42.5 Å². The summed E-state index contributed by atoms with van der Waals surface area (Å²) in [5, 5.41) is 9.46. The normalized spacial score (nSPS) is 10.4. The molecule has 0 spiro atoms. The van der Waals surface area contributed by atoms with Gasteiger partial charge in [0.15, 0.2) is 0 Å². The number of rotatable bonds is 4. The Labute approximate surface area is 84.1 Å². The minimum atomic E-state index is 0.258. The van der Waals surface area contributed by atoms with Crippen molar-refractivity contribution in [3.63, 3.8) is 0 Å². The fraction of sp³-hybridized carbons (Fsp3) is 0.167. The van der Waals surface area contributed by atoms with E-state index in [2.05, 4.69) is 6.58 Å². The number of ether oxygens (including phenoxy) is 1. The quantitative estimate of drug-likeness (QED) is 0.739. The first-order valence-electron chi connectivity index (χ1n) is 4.47. The second-order valence-corrected chi connectivity index (χ2v) is 2.82. The first kappa shape index (κ1) is 10.4. The summed E-state index contributed by atoms with van der Waals surface area (Å²) in [6.07, 6.45) is 5.38. The van der Waals surface area contributed by atoms with Crippen LogP contribution in [0.25, 0.3) is 6.08 Å². The molecule has 0 aromatic heterocycles. The number of phenolic OH excluding ortho intramolecular Hbond substituents is 1. The van der Waals surface area contributed by atoms with E-state index in [1.54, 1.807) is 24.3 Å². The van der Waals surface area contributed by atoms with Crippen molar-refractivity contribution < 1.29 is 9.84 Å². The molecule has 2 heteroatoms. The number of allylic oxidation sites excluding steroid dienone is 1. The summed E-state index contributed by atoms with van der Waals surface area (Å²) < 4.78 is 5.33. The van der Waals surface area contributed by atoms with Gasteiger partial charge in [-0.1, -0.05) is 24.8 Å². The molecule has 0 aliphatic rings. The van der Waals surface area contributed by atoms with E-state index in [-0.39, 0.29) is 5.75 Å². The molecule has 0 atom stereocenters. The van der Waals surface area contributed by atoms with Gasteiger partial charge in [0, 0.05) is 5.56 Å². The van der Waals surface area contributed by atoms with Gasteiger partial charge in [0.1, 0.15) is 18.1 Å². The number of phenols is 1. The molecule has 1 aromatic carbocycles. The van der Waals surface area contributed by atoms with Gasteiger partial charge in [-0.25, -0.2) is 0 Å². The van der Waals surface area contributed by atoms with Crippen LogP contribution in [0, 0.1) is 0 Å². The molecule has 0 radical (unpaired) electrons. The first-order valence-corrected chi connectivity index (χ1v) is 4.47. The molecule has 0 fully saturated rings.